The van der Waals surface area contributed by atoms with Crippen molar-refractivity contribution in [2.75, 3.05) is 0 Å². The molecule has 0 aliphatic carbocycles. The summed E-state index contributed by atoms with van der Waals surface area (Å²) >= 11 is 0. The molecular formula is C8H16N2O3. The van der Waals surface area contributed by atoms with Gasteiger partial charge in [-0.3, -0.25) is 4.79 Å². The van der Waals surface area contributed by atoms with E-state index in [9.17, 15) is 14.7 Å². The van der Waals surface area contributed by atoms with E-state index >= 15 is 0 Å². The molecule has 2 atom stereocenters. The monoisotopic (exact) mass is 188 g/mol. The second kappa shape index (κ2) is 5.53. The lowest BCUT2D eigenvalue weighted by molar-refractivity contribution is -0.398. The molecule has 0 unspecified atom stereocenters. The van der Waals surface area contributed by atoms with Crippen LogP contribution in [0.5, 0.6) is 0 Å². The fourth-order valence-corrected chi connectivity index (χ4v) is 0.852. The number of hydrogen-bond acceptors (Lipinski definition) is 3. The minimum atomic E-state index is -1.24. The van der Waals surface area contributed by atoms with Gasteiger partial charge in [-0.05, 0) is 13.3 Å². The topological polar surface area (TPSA) is 96.9 Å². The quantitative estimate of drug-likeness (QED) is 0.505. The Labute approximate surface area is 77.3 Å². The van der Waals surface area contributed by atoms with Crippen LogP contribution in [0.2, 0.25) is 0 Å². The predicted molar refractivity (Wildman–Crippen MR) is 44.2 cm³/mol. The first kappa shape index (κ1) is 11.9. The SMILES string of the molecule is CCC[C@@H](NC(=O)[C@H](C)[NH3+])C(=O)[O-]. The van der Waals surface area contributed by atoms with Gasteiger partial charge in [-0.15, -0.1) is 0 Å². The molecule has 0 aromatic rings. The second-order valence-corrected chi connectivity index (χ2v) is 3.07. The van der Waals surface area contributed by atoms with Gasteiger partial charge in [-0.25, -0.2) is 0 Å². The lowest BCUT2D eigenvalue weighted by atomic mass is 10.1. The summed E-state index contributed by atoms with van der Waals surface area (Å²) in [4.78, 5) is 21.6. The maximum Gasteiger partial charge on any atom is 0.278 e. The number of nitrogens with one attached hydrogen (secondary N) is 1. The number of carboxylic acids is 1. The fraction of sp³-hybridized carbons (Fsp3) is 0.750. The molecule has 13 heavy (non-hydrogen) atoms. The van der Waals surface area contributed by atoms with Crippen molar-refractivity contribution in [3.63, 3.8) is 0 Å². The molecule has 0 saturated carbocycles. The summed E-state index contributed by atoms with van der Waals surface area (Å²) in [6.07, 6.45) is 1.07. The van der Waals surface area contributed by atoms with E-state index in [1.165, 1.54) is 0 Å². The highest BCUT2D eigenvalue weighted by Gasteiger charge is 2.16. The molecule has 1 amide bonds. The maximum atomic E-state index is 11.1. The Hall–Kier alpha value is -1.10. The van der Waals surface area contributed by atoms with Gasteiger partial charge in [-0.2, -0.15) is 0 Å². The third kappa shape index (κ3) is 4.47. The van der Waals surface area contributed by atoms with E-state index in [4.69, 9.17) is 0 Å². The molecule has 5 nitrogen and oxygen atoms in total. The lowest BCUT2D eigenvalue weighted by Gasteiger charge is -2.19. The first-order chi connectivity index (χ1) is 5.99. The van der Waals surface area contributed by atoms with Crippen LogP contribution in [-0.2, 0) is 9.59 Å². The average molecular weight is 188 g/mol. The summed E-state index contributed by atoms with van der Waals surface area (Å²) < 4.78 is 0. The van der Waals surface area contributed by atoms with E-state index in [2.05, 4.69) is 11.1 Å². The van der Waals surface area contributed by atoms with Crippen LogP contribution in [0.1, 0.15) is 26.7 Å². The number of rotatable bonds is 5. The third-order valence-electron chi connectivity index (χ3n) is 1.63. The minimum Gasteiger partial charge on any atom is -0.548 e. The van der Waals surface area contributed by atoms with Gasteiger partial charge in [0, 0.05) is 0 Å². The smallest absolute Gasteiger partial charge is 0.278 e. The Balaban J connectivity index is 4.10. The van der Waals surface area contributed by atoms with E-state index in [-0.39, 0.29) is 5.91 Å². The number of hydrogen-bond donors (Lipinski definition) is 2. The molecule has 0 spiro atoms. The average Bonchev–Trinajstić information content (AvgIpc) is 2.03. The molecule has 0 bridgehead atoms. The molecule has 0 aliphatic heterocycles. The molecule has 0 heterocycles. The second-order valence-electron chi connectivity index (χ2n) is 3.07. The van der Waals surface area contributed by atoms with Gasteiger partial charge >= 0.3 is 0 Å². The van der Waals surface area contributed by atoms with Gasteiger partial charge in [0.25, 0.3) is 5.91 Å². The van der Waals surface area contributed by atoms with Crippen LogP contribution >= 0.6 is 0 Å². The zero-order valence-corrected chi connectivity index (χ0v) is 8.00. The molecule has 4 N–H and O–H groups in total. The lowest BCUT2D eigenvalue weighted by Crippen LogP contribution is -2.67. The van der Waals surface area contributed by atoms with Crippen molar-refractivity contribution >= 4 is 11.9 Å². The summed E-state index contributed by atoms with van der Waals surface area (Å²) in [5.41, 5.74) is 3.49. The Bertz CT molecular complexity index is 192. The molecule has 0 aromatic heterocycles. The van der Waals surface area contributed by atoms with E-state index in [0.29, 0.717) is 12.8 Å². The minimum absolute atomic E-state index is 0.359. The largest absolute Gasteiger partial charge is 0.548 e. The standard InChI is InChI=1S/C8H16N2O3/c1-3-4-6(8(12)13)10-7(11)5(2)9/h5-6H,3-4,9H2,1-2H3,(H,10,11)(H,12,13)/t5-,6+/m0/s1. The first-order valence-corrected chi connectivity index (χ1v) is 4.33. The zero-order chi connectivity index (χ0) is 10.4. The normalized spacial score (nSPS) is 14.7. The fourth-order valence-electron chi connectivity index (χ4n) is 0.852. The van der Waals surface area contributed by atoms with Crippen molar-refractivity contribution in [2.45, 2.75) is 38.8 Å². The van der Waals surface area contributed by atoms with Gasteiger partial charge in [0.1, 0.15) is 0 Å². The summed E-state index contributed by atoms with van der Waals surface area (Å²) in [7, 11) is 0. The molecule has 76 valence electrons. The van der Waals surface area contributed by atoms with E-state index in [1.807, 2.05) is 6.92 Å². The molecule has 5 heteroatoms. The van der Waals surface area contributed by atoms with Gasteiger partial charge in [0.15, 0.2) is 6.04 Å². The van der Waals surface area contributed by atoms with Crippen LogP contribution in [-0.4, -0.2) is 24.0 Å². The summed E-state index contributed by atoms with van der Waals surface area (Å²) in [5, 5.41) is 12.9. The van der Waals surface area contributed by atoms with Crippen LogP contribution in [0.25, 0.3) is 0 Å². The number of carbonyl (C=O) groups is 2. The first-order valence-electron chi connectivity index (χ1n) is 4.33. The van der Waals surface area contributed by atoms with E-state index < -0.39 is 18.1 Å². The zero-order valence-electron chi connectivity index (χ0n) is 8.00. The molecule has 0 saturated heterocycles. The van der Waals surface area contributed by atoms with Gasteiger partial charge in [-0.1, -0.05) is 13.3 Å². The Morgan fingerprint density at radius 1 is 1.54 bits per heavy atom. The van der Waals surface area contributed by atoms with E-state index in [0.717, 1.165) is 0 Å². The van der Waals surface area contributed by atoms with Crippen LogP contribution in [0.4, 0.5) is 0 Å². The number of carboxylic acid groups (broad SMARTS) is 1. The van der Waals surface area contributed by atoms with Crippen LogP contribution in [0, 0.1) is 0 Å². The van der Waals surface area contributed by atoms with Gasteiger partial charge < -0.3 is 21.0 Å². The summed E-state index contributed by atoms with van der Waals surface area (Å²) in [6, 6.07) is -1.33. The number of aliphatic carboxylic acids is 1. The molecular weight excluding hydrogens is 172 g/mol. The van der Waals surface area contributed by atoms with Crippen molar-refractivity contribution < 1.29 is 20.4 Å². The number of amides is 1. The molecule has 0 aliphatic rings. The third-order valence-corrected chi connectivity index (χ3v) is 1.63. The molecule has 0 rings (SSSR count). The van der Waals surface area contributed by atoms with E-state index in [1.54, 1.807) is 6.92 Å². The van der Waals surface area contributed by atoms with Crippen LogP contribution in [0.3, 0.4) is 0 Å². The Morgan fingerprint density at radius 3 is 2.38 bits per heavy atom. The summed E-state index contributed by atoms with van der Waals surface area (Å²) in [6.45, 7) is 3.45. The Morgan fingerprint density at radius 2 is 2.08 bits per heavy atom. The molecule has 0 radical (unpaired) electrons. The van der Waals surface area contributed by atoms with Crippen molar-refractivity contribution in [3.8, 4) is 0 Å². The number of carbonyl (C=O) groups excluding carboxylic acids is 2. The highest BCUT2D eigenvalue weighted by molar-refractivity contribution is 5.84. The van der Waals surface area contributed by atoms with Gasteiger partial charge in [0.2, 0.25) is 0 Å². The van der Waals surface area contributed by atoms with Crippen molar-refractivity contribution in [2.24, 2.45) is 0 Å². The predicted octanol–water partition coefficient (Wildman–Crippen LogP) is -2.35. The molecule has 0 aromatic carbocycles. The van der Waals surface area contributed by atoms with Crippen LogP contribution < -0.4 is 16.2 Å². The van der Waals surface area contributed by atoms with Crippen molar-refractivity contribution in [1.82, 2.24) is 5.32 Å². The molecule has 0 fully saturated rings. The highest BCUT2D eigenvalue weighted by atomic mass is 16.4. The Kier molecular flexibility index (Phi) is 5.06. The van der Waals surface area contributed by atoms with Crippen molar-refractivity contribution in [1.29, 1.82) is 0 Å². The number of quaternary nitrogens is 1. The highest BCUT2D eigenvalue weighted by Crippen LogP contribution is 1.95. The summed E-state index contributed by atoms with van der Waals surface area (Å²) in [5.74, 6) is -1.60. The van der Waals surface area contributed by atoms with Gasteiger partial charge in [0.05, 0.1) is 12.0 Å². The van der Waals surface area contributed by atoms with Crippen LogP contribution in [0.15, 0.2) is 0 Å². The maximum absolute atomic E-state index is 11.1. The van der Waals surface area contributed by atoms with Crippen molar-refractivity contribution in [3.05, 3.63) is 0 Å².